The first-order chi connectivity index (χ1) is 12.0. The summed E-state index contributed by atoms with van der Waals surface area (Å²) in [6, 6.07) is 7.66. The van der Waals surface area contributed by atoms with Gasteiger partial charge >= 0.3 is 12.0 Å². The van der Waals surface area contributed by atoms with Crippen molar-refractivity contribution in [3.63, 3.8) is 0 Å². The van der Waals surface area contributed by atoms with Crippen LogP contribution in [-0.2, 0) is 4.79 Å². The second-order valence-electron chi connectivity index (χ2n) is 5.00. The highest BCUT2D eigenvalue weighted by atomic mass is 35.5. The van der Waals surface area contributed by atoms with Gasteiger partial charge in [0.05, 0.1) is 4.24 Å². The van der Waals surface area contributed by atoms with Crippen LogP contribution in [0.3, 0.4) is 0 Å². The molecule has 1 aliphatic heterocycles. The van der Waals surface area contributed by atoms with Gasteiger partial charge in [-0.05, 0) is 17.7 Å². The Balaban J connectivity index is 1.91. The molecule has 1 fully saturated rings. The second kappa shape index (κ2) is 7.75. The van der Waals surface area contributed by atoms with Crippen LogP contribution in [0, 0.1) is 11.3 Å². The molecule has 128 valence electrons. The van der Waals surface area contributed by atoms with Gasteiger partial charge in [-0.1, -0.05) is 29.3 Å². The van der Waals surface area contributed by atoms with Gasteiger partial charge in [-0.2, -0.15) is 5.26 Å². The van der Waals surface area contributed by atoms with Crippen LogP contribution in [0.2, 0.25) is 10.0 Å². The summed E-state index contributed by atoms with van der Waals surface area (Å²) in [6.07, 6.45) is 3.07. The number of hydrogen-bond acceptors (Lipinski definition) is 6. The number of carbonyl (C=O) groups excluding carboxylic acids is 1. The summed E-state index contributed by atoms with van der Waals surface area (Å²) in [4.78, 5) is 15.2. The van der Waals surface area contributed by atoms with Crippen molar-refractivity contribution in [2.24, 2.45) is 0 Å². The number of imidazole rings is 1. The number of allylic oxidation sites excluding steroid dienone is 1. The molecule has 0 spiro atoms. The van der Waals surface area contributed by atoms with E-state index in [0.717, 1.165) is 15.6 Å². The van der Waals surface area contributed by atoms with Gasteiger partial charge in [-0.25, -0.2) is 4.98 Å². The third-order valence-electron chi connectivity index (χ3n) is 3.31. The van der Waals surface area contributed by atoms with Gasteiger partial charge < -0.3 is 4.74 Å². The number of hydrogen-bond donors (Lipinski definition) is 0. The number of ether oxygens (including phenoxy) is 1. The molecular weight excluding hydrogens is 401 g/mol. The average Bonchev–Trinajstić information content (AvgIpc) is 3.18. The standard InChI is InChI=1S/C16H11Cl2N3O2S2/c1-9(22)23-16-20-4-5-21(16)13(7-19)15-24-8-14(25-15)11-3-2-10(17)6-12(11)18/h2-6,14H,8H2,1H3/b15-13+/t14-/m0/s1. The molecule has 0 bridgehead atoms. The lowest BCUT2D eigenvalue weighted by Gasteiger charge is -2.11. The van der Waals surface area contributed by atoms with Crippen LogP contribution < -0.4 is 4.74 Å². The maximum atomic E-state index is 11.2. The molecule has 2 aromatic rings. The van der Waals surface area contributed by atoms with Crippen LogP contribution in [0.1, 0.15) is 17.7 Å². The largest absolute Gasteiger partial charge is 0.392 e. The zero-order valence-corrected chi connectivity index (χ0v) is 16.0. The minimum Gasteiger partial charge on any atom is -0.392 e. The average molecular weight is 412 g/mol. The van der Waals surface area contributed by atoms with Crippen LogP contribution >= 0.6 is 46.7 Å². The van der Waals surface area contributed by atoms with Crippen molar-refractivity contribution in [1.29, 1.82) is 5.26 Å². The van der Waals surface area contributed by atoms with Crippen LogP contribution in [0.5, 0.6) is 6.01 Å². The van der Waals surface area contributed by atoms with E-state index < -0.39 is 5.97 Å². The zero-order chi connectivity index (χ0) is 18.0. The third-order valence-corrected chi connectivity index (χ3v) is 6.79. The molecule has 5 nitrogen and oxygen atoms in total. The highest BCUT2D eigenvalue weighted by Gasteiger charge is 2.28. The lowest BCUT2D eigenvalue weighted by Crippen LogP contribution is -2.07. The smallest absolute Gasteiger partial charge is 0.310 e. The van der Waals surface area contributed by atoms with Gasteiger partial charge in [0.1, 0.15) is 11.8 Å². The summed E-state index contributed by atoms with van der Waals surface area (Å²) in [7, 11) is 0. The monoisotopic (exact) mass is 411 g/mol. The van der Waals surface area contributed by atoms with E-state index in [2.05, 4.69) is 11.1 Å². The van der Waals surface area contributed by atoms with Crippen LogP contribution in [0.4, 0.5) is 0 Å². The van der Waals surface area contributed by atoms with Crippen LogP contribution in [-0.4, -0.2) is 21.3 Å². The van der Waals surface area contributed by atoms with E-state index in [0.29, 0.717) is 15.7 Å². The van der Waals surface area contributed by atoms with Crippen molar-refractivity contribution in [3.8, 4) is 12.1 Å². The maximum Gasteiger partial charge on any atom is 0.310 e. The Bertz CT molecular complexity index is 905. The number of nitrogens with zero attached hydrogens (tertiary/aromatic N) is 3. The molecule has 0 unspecified atom stereocenters. The minimum atomic E-state index is -0.493. The summed E-state index contributed by atoms with van der Waals surface area (Å²) < 4.78 is 7.34. The van der Waals surface area contributed by atoms with E-state index in [1.165, 1.54) is 17.7 Å². The maximum absolute atomic E-state index is 11.2. The lowest BCUT2D eigenvalue weighted by molar-refractivity contribution is -0.132. The first-order valence-electron chi connectivity index (χ1n) is 7.10. The van der Waals surface area contributed by atoms with Crippen molar-refractivity contribution in [2.45, 2.75) is 12.2 Å². The Morgan fingerprint density at radius 2 is 2.28 bits per heavy atom. The van der Waals surface area contributed by atoms with Crippen molar-refractivity contribution < 1.29 is 9.53 Å². The van der Waals surface area contributed by atoms with E-state index in [1.54, 1.807) is 41.9 Å². The summed E-state index contributed by atoms with van der Waals surface area (Å²) in [5.41, 5.74) is 1.35. The van der Waals surface area contributed by atoms with Crippen molar-refractivity contribution >= 4 is 58.4 Å². The molecule has 1 aromatic carbocycles. The molecule has 0 amide bonds. The summed E-state index contributed by atoms with van der Waals surface area (Å²) in [5.74, 6) is 0.275. The predicted molar refractivity (Wildman–Crippen MR) is 102 cm³/mol. The van der Waals surface area contributed by atoms with Crippen molar-refractivity contribution in [2.75, 3.05) is 5.75 Å². The molecule has 25 heavy (non-hydrogen) atoms. The molecule has 0 N–H and O–H groups in total. The first-order valence-corrected chi connectivity index (χ1v) is 9.72. The molecule has 0 aliphatic carbocycles. The number of rotatable bonds is 3. The SMILES string of the molecule is CC(=O)Oc1nccn1/C(C#N)=C1\SC[C@@H](c2ccc(Cl)cc2Cl)S1. The van der Waals surface area contributed by atoms with E-state index >= 15 is 0 Å². The minimum absolute atomic E-state index is 0.0747. The third kappa shape index (κ3) is 3.98. The number of esters is 1. The number of benzene rings is 1. The summed E-state index contributed by atoms with van der Waals surface area (Å²) in [5, 5.41) is 10.9. The fraction of sp³-hybridized carbons (Fsp3) is 0.188. The Labute approximate surface area is 163 Å². The van der Waals surface area contributed by atoms with Gasteiger partial charge in [-0.15, -0.1) is 23.5 Å². The molecule has 1 aliphatic rings. The van der Waals surface area contributed by atoms with E-state index in [1.807, 2.05) is 6.07 Å². The molecule has 2 heterocycles. The molecule has 3 rings (SSSR count). The number of halogens is 2. The predicted octanol–water partition coefficient (Wildman–Crippen LogP) is 4.99. The van der Waals surface area contributed by atoms with Crippen LogP contribution in [0.25, 0.3) is 5.70 Å². The molecule has 1 saturated heterocycles. The molecule has 0 saturated carbocycles. The Morgan fingerprint density at radius 3 is 2.96 bits per heavy atom. The fourth-order valence-electron chi connectivity index (χ4n) is 2.25. The van der Waals surface area contributed by atoms with Crippen molar-refractivity contribution in [3.05, 3.63) is 50.4 Å². The first kappa shape index (κ1) is 18.2. The van der Waals surface area contributed by atoms with Gasteiger partial charge in [0.2, 0.25) is 0 Å². The second-order valence-corrected chi connectivity index (χ2v) is 8.35. The van der Waals surface area contributed by atoms with Gasteiger partial charge in [0, 0.05) is 40.4 Å². The normalized spacial score (nSPS) is 18.7. The summed E-state index contributed by atoms with van der Waals surface area (Å²) >= 11 is 15.3. The van der Waals surface area contributed by atoms with Gasteiger partial charge in [-0.3, -0.25) is 9.36 Å². The summed E-state index contributed by atoms with van der Waals surface area (Å²) in [6.45, 7) is 1.29. The number of aromatic nitrogens is 2. The lowest BCUT2D eigenvalue weighted by atomic mass is 10.2. The Hall–Kier alpha value is -1.59. The molecule has 9 heteroatoms. The molecular formula is C16H11Cl2N3O2S2. The highest BCUT2D eigenvalue weighted by Crippen LogP contribution is 2.53. The Morgan fingerprint density at radius 1 is 1.48 bits per heavy atom. The van der Waals surface area contributed by atoms with Crippen molar-refractivity contribution in [1.82, 2.24) is 9.55 Å². The molecule has 0 radical (unpaired) electrons. The topological polar surface area (TPSA) is 67.9 Å². The van der Waals surface area contributed by atoms with E-state index in [4.69, 9.17) is 27.9 Å². The molecule has 1 aromatic heterocycles. The van der Waals surface area contributed by atoms with Gasteiger partial charge in [0.15, 0.2) is 0 Å². The molecule has 1 atom stereocenters. The quantitative estimate of drug-likeness (QED) is 0.523. The number of carbonyl (C=O) groups is 1. The van der Waals surface area contributed by atoms with Crippen LogP contribution in [0.15, 0.2) is 34.8 Å². The zero-order valence-electron chi connectivity index (χ0n) is 12.9. The number of thioether (sulfide) groups is 2. The van der Waals surface area contributed by atoms with E-state index in [9.17, 15) is 10.1 Å². The Kier molecular flexibility index (Phi) is 5.64. The highest BCUT2D eigenvalue weighted by molar-refractivity contribution is 8.25. The fourth-order valence-corrected chi connectivity index (χ4v) is 5.77. The van der Waals surface area contributed by atoms with Gasteiger partial charge in [0.25, 0.3) is 0 Å². The number of nitriles is 1. The van der Waals surface area contributed by atoms with E-state index in [-0.39, 0.29) is 11.3 Å².